The molecular weight excluding hydrogens is 280 g/mol. The van der Waals surface area contributed by atoms with Crippen molar-refractivity contribution in [3.8, 4) is 0 Å². The van der Waals surface area contributed by atoms with Crippen molar-refractivity contribution in [3.63, 3.8) is 0 Å². The molecule has 0 saturated carbocycles. The van der Waals surface area contributed by atoms with Crippen molar-refractivity contribution in [1.82, 2.24) is 10.3 Å². The van der Waals surface area contributed by atoms with E-state index in [-0.39, 0.29) is 5.91 Å². The zero-order valence-corrected chi connectivity index (χ0v) is 13.0. The number of oxazole rings is 1. The van der Waals surface area contributed by atoms with Gasteiger partial charge in [0.05, 0.1) is 0 Å². The minimum absolute atomic E-state index is 0.161. The number of amides is 1. The Morgan fingerprint density at radius 2 is 2.23 bits per heavy atom. The van der Waals surface area contributed by atoms with Crippen LogP contribution >= 0.6 is 0 Å². The molecule has 0 spiro atoms. The normalized spacial score (nSPS) is 11.6. The van der Waals surface area contributed by atoms with Crippen LogP contribution in [0, 0.1) is 5.92 Å². The number of rotatable bonds is 8. The smallest absolute Gasteiger partial charge is 0.244 e. The lowest BCUT2D eigenvalue weighted by molar-refractivity contribution is -0.116. The highest BCUT2D eigenvalue weighted by Crippen LogP contribution is 2.15. The highest BCUT2D eigenvalue weighted by Gasteiger charge is 2.02. The highest BCUT2D eigenvalue weighted by atomic mass is 16.5. The van der Waals surface area contributed by atoms with E-state index in [1.165, 1.54) is 6.08 Å². The van der Waals surface area contributed by atoms with Crippen LogP contribution in [0.5, 0.6) is 0 Å². The van der Waals surface area contributed by atoms with Gasteiger partial charge in [0.2, 0.25) is 11.8 Å². The molecule has 0 unspecified atom stereocenters. The van der Waals surface area contributed by atoms with Crippen molar-refractivity contribution < 1.29 is 13.9 Å². The molecule has 1 amide bonds. The molecular formula is C17H22N2O3. The quantitative estimate of drug-likeness (QED) is 0.601. The van der Waals surface area contributed by atoms with Crippen LogP contribution in [0.1, 0.15) is 26.2 Å². The average Bonchev–Trinajstić information content (AvgIpc) is 2.91. The SMILES string of the molecule is CC(C)COCCCNC(=O)/C=C/c1nc2ccccc2o1. The monoisotopic (exact) mass is 302 g/mol. The molecule has 22 heavy (non-hydrogen) atoms. The summed E-state index contributed by atoms with van der Waals surface area (Å²) in [5, 5.41) is 2.80. The zero-order chi connectivity index (χ0) is 15.8. The van der Waals surface area contributed by atoms with Crippen molar-refractivity contribution in [2.45, 2.75) is 20.3 Å². The fourth-order valence-electron chi connectivity index (χ4n) is 1.87. The Bertz CT molecular complexity index is 599. The first-order valence-corrected chi connectivity index (χ1v) is 7.54. The van der Waals surface area contributed by atoms with Gasteiger partial charge in [0.1, 0.15) is 5.52 Å². The van der Waals surface area contributed by atoms with Crippen molar-refractivity contribution >= 4 is 23.1 Å². The predicted octanol–water partition coefficient (Wildman–Crippen LogP) is 3.02. The standard InChI is InChI=1S/C17H22N2O3/c1-13(2)12-21-11-5-10-18-16(20)8-9-17-19-14-6-3-4-7-15(14)22-17/h3-4,6-9,13H,5,10-12H2,1-2H3,(H,18,20)/b9-8+. The number of ether oxygens (including phenoxy) is 1. The number of benzene rings is 1. The van der Waals surface area contributed by atoms with Gasteiger partial charge in [-0.3, -0.25) is 4.79 Å². The molecule has 0 bridgehead atoms. The molecule has 1 N–H and O–H groups in total. The van der Waals surface area contributed by atoms with Gasteiger partial charge in [-0.2, -0.15) is 0 Å². The van der Waals surface area contributed by atoms with Crippen molar-refractivity contribution in [2.24, 2.45) is 5.92 Å². The third-order valence-electron chi connectivity index (χ3n) is 2.90. The van der Waals surface area contributed by atoms with Crippen molar-refractivity contribution in [1.29, 1.82) is 0 Å². The average molecular weight is 302 g/mol. The van der Waals surface area contributed by atoms with Gasteiger partial charge >= 0.3 is 0 Å². The summed E-state index contributed by atoms with van der Waals surface area (Å²) in [6, 6.07) is 7.49. The number of nitrogens with zero attached hydrogens (tertiary/aromatic N) is 1. The van der Waals surface area contributed by atoms with Gasteiger partial charge in [0, 0.05) is 31.9 Å². The fraction of sp³-hybridized carbons (Fsp3) is 0.412. The van der Waals surface area contributed by atoms with E-state index in [1.807, 2.05) is 24.3 Å². The van der Waals surface area contributed by atoms with Crippen molar-refractivity contribution in [3.05, 3.63) is 36.2 Å². The predicted molar refractivity (Wildman–Crippen MR) is 86.3 cm³/mol. The van der Waals surface area contributed by atoms with Crippen LogP contribution in [-0.2, 0) is 9.53 Å². The highest BCUT2D eigenvalue weighted by molar-refractivity contribution is 5.91. The first kappa shape index (κ1) is 16.2. The van der Waals surface area contributed by atoms with E-state index in [9.17, 15) is 4.79 Å². The van der Waals surface area contributed by atoms with Crippen LogP contribution in [0.4, 0.5) is 0 Å². The summed E-state index contributed by atoms with van der Waals surface area (Å²) in [4.78, 5) is 15.9. The summed E-state index contributed by atoms with van der Waals surface area (Å²) in [6.45, 7) is 6.23. The van der Waals surface area contributed by atoms with Gasteiger partial charge in [-0.05, 0) is 24.5 Å². The number of para-hydroxylation sites is 2. The van der Waals surface area contributed by atoms with Crippen LogP contribution in [0.2, 0.25) is 0 Å². The fourth-order valence-corrected chi connectivity index (χ4v) is 1.87. The molecule has 0 aliphatic carbocycles. The van der Waals surface area contributed by atoms with Crippen LogP contribution in [0.25, 0.3) is 17.2 Å². The van der Waals surface area contributed by atoms with E-state index in [1.54, 1.807) is 6.08 Å². The number of hydrogen-bond acceptors (Lipinski definition) is 4. The molecule has 0 fully saturated rings. The minimum atomic E-state index is -0.161. The summed E-state index contributed by atoms with van der Waals surface area (Å²) in [5.41, 5.74) is 1.50. The van der Waals surface area contributed by atoms with Gasteiger partial charge in [0.15, 0.2) is 5.58 Å². The van der Waals surface area contributed by atoms with E-state index < -0.39 is 0 Å². The molecule has 5 nitrogen and oxygen atoms in total. The van der Waals surface area contributed by atoms with E-state index in [0.29, 0.717) is 30.5 Å². The second-order valence-electron chi connectivity index (χ2n) is 5.47. The number of nitrogens with one attached hydrogen (secondary N) is 1. The molecule has 0 atom stereocenters. The van der Waals surface area contributed by atoms with Crippen LogP contribution in [-0.4, -0.2) is 30.6 Å². The van der Waals surface area contributed by atoms with E-state index >= 15 is 0 Å². The lowest BCUT2D eigenvalue weighted by Gasteiger charge is -2.06. The summed E-state index contributed by atoms with van der Waals surface area (Å²) >= 11 is 0. The Labute approximate surface area is 130 Å². The van der Waals surface area contributed by atoms with Gasteiger partial charge in [-0.1, -0.05) is 26.0 Å². The third kappa shape index (κ3) is 5.33. The Kier molecular flexibility index (Phi) is 6.15. The first-order valence-electron chi connectivity index (χ1n) is 7.54. The molecule has 0 aliphatic heterocycles. The molecule has 0 aliphatic rings. The third-order valence-corrected chi connectivity index (χ3v) is 2.90. The second-order valence-corrected chi connectivity index (χ2v) is 5.47. The summed E-state index contributed by atoms with van der Waals surface area (Å²) in [5.74, 6) is 0.802. The molecule has 0 saturated heterocycles. The number of aromatic nitrogens is 1. The minimum Gasteiger partial charge on any atom is -0.437 e. The van der Waals surface area contributed by atoms with Gasteiger partial charge in [0.25, 0.3) is 0 Å². The van der Waals surface area contributed by atoms with E-state index in [4.69, 9.17) is 9.15 Å². The number of fused-ring (bicyclic) bond motifs is 1. The molecule has 118 valence electrons. The van der Waals surface area contributed by atoms with E-state index in [2.05, 4.69) is 24.1 Å². The van der Waals surface area contributed by atoms with Gasteiger partial charge in [-0.25, -0.2) is 4.98 Å². The Morgan fingerprint density at radius 3 is 3.00 bits per heavy atom. The Balaban J connectivity index is 1.70. The maximum Gasteiger partial charge on any atom is 0.244 e. The van der Waals surface area contributed by atoms with Gasteiger partial charge in [-0.15, -0.1) is 0 Å². The summed E-state index contributed by atoms with van der Waals surface area (Å²) < 4.78 is 10.9. The Morgan fingerprint density at radius 1 is 1.41 bits per heavy atom. The largest absolute Gasteiger partial charge is 0.437 e. The second kappa shape index (κ2) is 8.34. The number of hydrogen-bond donors (Lipinski definition) is 1. The number of carbonyl (C=O) groups excluding carboxylic acids is 1. The Hall–Kier alpha value is -2.14. The summed E-state index contributed by atoms with van der Waals surface area (Å²) in [7, 11) is 0. The molecule has 5 heteroatoms. The van der Waals surface area contributed by atoms with Crippen LogP contribution < -0.4 is 5.32 Å². The molecule has 2 rings (SSSR count). The lowest BCUT2D eigenvalue weighted by atomic mass is 10.2. The zero-order valence-electron chi connectivity index (χ0n) is 13.0. The van der Waals surface area contributed by atoms with Gasteiger partial charge < -0.3 is 14.5 Å². The number of carbonyl (C=O) groups is 1. The van der Waals surface area contributed by atoms with Crippen molar-refractivity contribution in [2.75, 3.05) is 19.8 Å². The lowest BCUT2D eigenvalue weighted by Crippen LogP contribution is -2.23. The molecule has 2 aromatic rings. The van der Waals surface area contributed by atoms with Crippen LogP contribution in [0.15, 0.2) is 34.8 Å². The molecule has 1 aromatic carbocycles. The topological polar surface area (TPSA) is 64.4 Å². The molecule has 1 heterocycles. The first-order chi connectivity index (χ1) is 10.6. The van der Waals surface area contributed by atoms with Crippen LogP contribution in [0.3, 0.4) is 0 Å². The van der Waals surface area contributed by atoms with E-state index in [0.717, 1.165) is 18.5 Å². The maximum atomic E-state index is 11.7. The molecule has 0 radical (unpaired) electrons. The maximum absolute atomic E-state index is 11.7. The summed E-state index contributed by atoms with van der Waals surface area (Å²) in [6.07, 6.45) is 3.81. The molecule has 1 aromatic heterocycles.